The molecular weight excluding hydrogens is 406 g/mol. The first-order valence-corrected chi connectivity index (χ1v) is 10.3. The predicted molar refractivity (Wildman–Crippen MR) is 119 cm³/mol. The van der Waals surface area contributed by atoms with Crippen LogP contribution in [0.4, 0.5) is 10.5 Å². The van der Waals surface area contributed by atoms with E-state index in [1.54, 1.807) is 49.6 Å². The van der Waals surface area contributed by atoms with Crippen molar-refractivity contribution in [3.05, 3.63) is 101 Å². The minimum atomic E-state index is -1.01. The van der Waals surface area contributed by atoms with Crippen molar-refractivity contribution in [1.29, 1.82) is 0 Å². The predicted octanol–water partition coefficient (Wildman–Crippen LogP) is 4.44. The second-order valence-electron chi connectivity index (χ2n) is 7.72. The van der Waals surface area contributed by atoms with Gasteiger partial charge in [0, 0.05) is 0 Å². The van der Waals surface area contributed by atoms with Crippen LogP contribution in [0.15, 0.2) is 78.9 Å². The second-order valence-corrected chi connectivity index (χ2v) is 7.72. The van der Waals surface area contributed by atoms with Crippen molar-refractivity contribution >= 4 is 23.8 Å². The van der Waals surface area contributed by atoms with Crippen LogP contribution < -0.4 is 9.64 Å². The fourth-order valence-corrected chi connectivity index (χ4v) is 4.33. The van der Waals surface area contributed by atoms with Crippen LogP contribution in [0.3, 0.4) is 0 Å². The maximum Gasteiger partial charge on any atom is 0.421 e. The van der Waals surface area contributed by atoms with Crippen LogP contribution >= 0.6 is 0 Å². The van der Waals surface area contributed by atoms with Gasteiger partial charge in [0.2, 0.25) is 5.91 Å². The Morgan fingerprint density at radius 3 is 2.53 bits per heavy atom. The van der Waals surface area contributed by atoms with Gasteiger partial charge in [-0.1, -0.05) is 60.7 Å². The van der Waals surface area contributed by atoms with Crippen LogP contribution in [0.25, 0.3) is 6.08 Å². The lowest BCUT2D eigenvalue weighted by atomic mass is 9.92. The highest BCUT2D eigenvalue weighted by molar-refractivity contribution is 6.20. The van der Waals surface area contributed by atoms with Gasteiger partial charge in [0.15, 0.2) is 6.10 Å². The van der Waals surface area contributed by atoms with Crippen molar-refractivity contribution in [3.63, 3.8) is 0 Å². The average Bonchev–Trinajstić information content (AvgIpc) is 3.12. The lowest BCUT2D eigenvalue weighted by molar-refractivity contribution is -0.118. The summed E-state index contributed by atoms with van der Waals surface area (Å²) in [5.74, 6) is -0.427. The quantitative estimate of drug-likeness (QED) is 0.669. The second kappa shape index (κ2) is 7.98. The van der Waals surface area contributed by atoms with E-state index in [1.165, 1.54) is 0 Å². The molecule has 3 aromatic carbocycles. The highest BCUT2D eigenvalue weighted by Gasteiger charge is 2.43. The van der Waals surface area contributed by atoms with E-state index in [4.69, 9.17) is 9.47 Å². The van der Waals surface area contributed by atoms with Gasteiger partial charge >= 0.3 is 6.09 Å². The first-order chi connectivity index (χ1) is 15.6. The summed E-state index contributed by atoms with van der Waals surface area (Å²) in [6.07, 6.45) is 0.715. The molecule has 0 aromatic heterocycles. The summed E-state index contributed by atoms with van der Waals surface area (Å²) >= 11 is 0. The number of nitrogens with zero attached hydrogens (tertiary/aromatic N) is 1. The van der Waals surface area contributed by atoms with Gasteiger partial charge in [-0.2, -0.15) is 0 Å². The topological polar surface area (TPSA) is 76.1 Å². The Balaban J connectivity index is 1.45. The van der Waals surface area contributed by atoms with Crippen molar-refractivity contribution in [2.45, 2.75) is 18.1 Å². The fraction of sp³-hybridized carbons (Fsp3) is 0.154. The molecule has 1 heterocycles. The summed E-state index contributed by atoms with van der Waals surface area (Å²) in [7, 11) is 1.56. The minimum absolute atomic E-state index is 0.404. The smallest absolute Gasteiger partial charge is 0.421 e. The molecule has 6 nitrogen and oxygen atoms in total. The zero-order valence-corrected chi connectivity index (χ0v) is 17.3. The number of anilines is 1. The van der Waals surface area contributed by atoms with Crippen LogP contribution in [0, 0.1) is 0 Å². The molecular formula is C26H21NO5. The number of carbonyl (C=O) groups is 2. The number of para-hydroxylation sites is 1. The molecule has 160 valence electrons. The number of aliphatic hydroxyl groups is 1. The van der Waals surface area contributed by atoms with Gasteiger partial charge in [0.25, 0.3) is 0 Å². The molecule has 0 bridgehead atoms. The largest absolute Gasteiger partial charge is 0.497 e. The lowest BCUT2D eigenvalue weighted by Gasteiger charge is -2.27. The van der Waals surface area contributed by atoms with E-state index in [0.717, 1.165) is 16.0 Å². The number of amides is 2. The third-order valence-electron chi connectivity index (χ3n) is 5.89. The third kappa shape index (κ3) is 3.25. The van der Waals surface area contributed by atoms with Crippen LogP contribution in [-0.2, 0) is 9.53 Å². The maximum atomic E-state index is 13.4. The molecule has 0 radical (unpaired) electrons. The summed E-state index contributed by atoms with van der Waals surface area (Å²) in [6, 6.07) is 21.8. The van der Waals surface area contributed by atoms with E-state index in [2.05, 4.69) is 0 Å². The SMILES string of the molecule is COc1cccc(C2C(=O)N(C(=O)OC3C=Cc4ccccc4C3O)c3ccccc32)c1. The monoisotopic (exact) mass is 427 g/mol. The Hall–Kier alpha value is -3.90. The number of hydrogen-bond donors (Lipinski definition) is 1. The summed E-state index contributed by atoms with van der Waals surface area (Å²) < 4.78 is 10.9. The Morgan fingerprint density at radius 1 is 0.969 bits per heavy atom. The molecule has 5 rings (SSSR count). The number of methoxy groups -OCH3 is 1. The first-order valence-electron chi connectivity index (χ1n) is 10.3. The number of aliphatic hydroxyl groups excluding tert-OH is 1. The van der Waals surface area contributed by atoms with Crippen molar-refractivity contribution < 1.29 is 24.2 Å². The summed E-state index contributed by atoms with van der Waals surface area (Å²) in [5.41, 5.74) is 3.46. The molecule has 32 heavy (non-hydrogen) atoms. The van der Waals surface area contributed by atoms with E-state index < -0.39 is 30.1 Å². The van der Waals surface area contributed by atoms with Gasteiger partial charge in [-0.25, -0.2) is 9.69 Å². The van der Waals surface area contributed by atoms with Gasteiger partial charge in [-0.3, -0.25) is 4.79 Å². The van der Waals surface area contributed by atoms with E-state index in [0.29, 0.717) is 22.6 Å². The number of ether oxygens (including phenoxy) is 2. The van der Waals surface area contributed by atoms with Crippen molar-refractivity contribution in [2.24, 2.45) is 0 Å². The maximum absolute atomic E-state index is 13.4. The van der Waals surface area contributed by atoms with E-state index in [1.807, 2.05) is 42.5 Å². The van der Waals surface area contributed by atoms with Crippen molar-refractivity contribution in [2.75, 3.05) is 12.0 Å². The molecule has 0 saturated carbocycles. The number of imide groups is 1. The molecule has 0 saturated heterocycles. The lowest BCUT2D eigenvalue weighted by Crippen LogP contribution is -2.39. The Morgan fingerprint density at radius 2 is 1.72 bits per heavy atom. The molecule has 0 fully saturated rings. The normalized spacial score (nSPS) is 21.1. The Bertz CT molecular complexity index is 1230. The zero-order chi connectivity index (χ0) is 22.2. The number of benzene rings is 3. The first kappa shape index (κ1) is 20.0. The van der Waals surface area contributed by atoms with Crippen LogP contribution in [0.2, 0.25) is 0 Å². The van der Waals surface area contributed by atoms with Gasteiger partial charge in [0.1, 0.15) is 11.9 Å². The Kier molecular flexibility index (Phi) is 4.99. The standard InChI is InChI=1S/C26H21NO5/c1-31-18-9-6-8-17(15-18)23-20-11-4-5-12-21(20)27(25(23)29)26(30)32-22-14-13-16-7-2-3-10-19(16)24(22)28/h2-15,22-24,28H,1H3. The van der Waals surface area contributed by atoms with Crippen LogP contribution in [-0.4, -0.2) is 30.3 Å². The molecule has 1 aliphatic carbocycles. The van der Waals surface area contributed by atoms with Gasteiger partial charge in [-0.15, -0.1) is 0 Å². The molecule has 3 aromatic rings. The van der Waals surface area contributed by atoms with E-state index in [-0.39, 0.29) is 0 Å². The van der Waals surface area contributed by atoms with E-state index >= 15 is 0 Å². The highest BCUT2D eigenvalue weighted by atomic mass is 16.6. The zero-order valence-electron chi connectivity index (χ0n) is 17.3. The third-order valence-corrected chi connectivity index (χ3v) is 5.89. The average molecular weight is 427 g/mol. The molecule has 2 aliphatic rings. The molecule has 3 unspecified atom stereocenters. The summed E-state index contributed by atoms with van der Waals surface area (Å²) in [6.45, 7) is 0. The van der Waals surface area contributed by atoms with Crippen LogP contribution in [0.5, 0.6) is 5.75 Å². The Labute approximate surface area is 185 Å². The van der Waals surface area contributed by atoms with Crippen molar-refractivity contribution in [3.8, 4) is 5.75 Å². The molecule has 1 aliphatic heterocycles. The fourth-order valence-electron chi connectivity index (χ4n) is 4.33. The molecule has 0 spiro atoms. The molecule has 3 atom stereocenters. The van der Waals surface area contributed by atoms with Gasteiger partial charge < -0.3 is 14.6 Å². The molecule has 6 heteroatoms. The minimum Gasteiger partial charge on any atom is -0.497 e. The van der Waals surface area contributed by atoms with Crippen molar-refractivity contribution in [1.82, 2.24) is 0 Å². The van der Waals surface area contributed by atoms with Crippen LogP contribution in [0.1, 0.15) is 34.3 Å². The summed E-state index contributed by atoms with van der Waals surface area (Å²) in [4.78, 5) is 27.6. The van der Waals surface area contributed by atoms with Gasteiger partial charge in [-0.05, 0) is 46.5 Å². The number of hydrogen-bond acceptors (Lipinski definition) is 5. The molecule has 1 N–H and O–H groups in total. The molecule has 2 amide bonds. The number of fused-ring (bicyclic) bond motifs is 2. The number of rotatable bonds is 3. The van der Waals surface area contributed by atoms with E-state index in [9.17, 15) is 14.7 Å². The summed E-state index contributed by atoms with van der Waals surface area (Å²) in [5, 5.41) is 10.7. The number of carbonyl (C=O) groups excluding carboxylic acids is 2. The highest BCUT2D eigenvalue weighted by Crippen LogP contribution is 2.42. The van der Waals surface area contributed by atoms with Gasteiger partial charge in [0.05, 0.1) is 18.7 Å².